The molecule has 184 valence electrons. The molecular formula is C20H37N5O7. The number of carbonyl (C=O) groups excluding carboxylic acids is 3. The minimum atomic E-state index is -1.42. The van der Waals surface area contributed by atoms with Crippen LogP contribution >= 0.6 is 0 Å². The van der Waals surface area contributed by atoms with Crippen molar-refractivity contribution in [3.63, 3.8) is 0 Å². The fourth-order valence-electron chi connectivity index (χ4n) is 2.84. The number of aliphatic carboxylic acids is 2. The summed E-state index contributed by atoms with van der Waals surface area (Å²) in [7, 11) is 0. The zero-order valence-corrected chi connectivity index (χ0v) is 18.9. The lowest BCUT2D eigenvalue weighted by Gasteiger charge is -2.25. The molecule has 0 spiro atoms. The van der Waals surface area contributed by atoms with Crippen molar-refractivity contribution >= 4 is 29.7 Å². The molecule has 0 aromatic carbocycles. The second-order valence-electron chi connectivity index (χ2n) is 8.16. The van der Waals surface area contributed by atoms with Crippen LogP contribution in [0.3, 0.4) is 0 Å². The Morgan fingerprint density at radius 2 is 1.31 bits per heavy atom. The minimum absolute atomic E-state index is 0.0519. The molecule has 4 unspecified atom stereocenters. The topological polar surface area (TPSA) is 214 Å². The molecule has 0 aromatic rings. The molecule has 12 nitrogen and oxygen atoms in total. The van der Waals surface area contributed by atoms with Crippen LogP contribution in [0.1, 0.15) is 59.3 Å². The van der Waals surface area contributed by atoms with E-state index in [4.69, 9.17) is 16.6 Å². The second-order valence-corrected chi connectivity index (χ2v) is 8.16. The van der Waals surface area contributed by atoms with Gasteiger partial charge < -0.3 is 37.6 Å². The van der Waals surface area contributed by atoms with Gasteiger partial charge in [-0.3, -0.25) is 19.2 Å². The number of unbranched alkanes of at least 4 members (excludes halogenated alkanes) is 1. The highest BCUT2D eigenvalue weighted by atomic mass is 16.4. The van der Waals surface area contributed by atoms with Crippen LogP contribution < -0.4 is 27.4 Å². The normalized spacial score (nSPS) is 14.7. The van der Waals surface area contributed by atoms with Gasteiger partial charge in [0.25, 0.3) is 0 Å². The third-order valence-electron chi connectivity index (χ3n) is 4.60. The van der Waals surface area contributed by atoms with Gasteiger partial charge in [0.2, 0.25) is 17.7 Å². The zero-order valence-electron chi connectivity index (χ0n) is 18.9. The van der Waals surface area contributed by atoms with Gasteiger partial charge >= 0.3 is 11.9 Å². The van der Waals surface area contributed by atoms with Gasteiger partial charge in [0, 0.05) is 6.42 Å². The molecule has 12 heteroatoms. The number of hydrogen-bond acceptors (Lipinski definition) is 7. The molecule has 0 aromatic heterocycles. The highest BCUT2D eigenvalue weighted by Crippen LogP contribution is 2.08. The summed E-state index contributed by atoms with van der Waals surface area (Å²) in [5.41, 5.74) is 11.0. The molecule has 0 rings (SSSR count). The summed E-state index contributed by atoms with van der Waals surface area (Å²) < 4.78 is 0. The highest BCUT2D eigenvalue weighted by molar-refractivity contribution is 5.94. The summed E-state index contributed by atoms with van der Waals surface area (Å²) in [5, 5.41) is 25.5. The van der Waals surface area contributed by atoms with Gasteiger partial charge in [0.1, 0.15) is 18.1 Å². The lowest BCUT2D eigenvalue weighted by molar-refractivity contribution is -0.143. The molecule has 0 aliphatic heterocycles. The molecule has 9 N–H and O–H groups in total. The zero-order chi connectivity index (χ0) is 24.8. The summed E-state index contributed by atoms with van der Waals surface area (Å²) in [6.45, 7) is 5.58. The summed E-state index contributed by atoms with van der Waals surface area (Å²) in [6, 6.07) is -4.26. The Hall–Kier alpha value is -2.73. The third kappa shape index (κ3) is 12.2. The number of carbonyl (C=O) groups is 5. The van der Waals surface area contributed by atoms with Crippen molar-refractivity contribution in [2.45, 2.75) is 83.5 Å². The largest absolute Gasteiger partial charge is 0.481 e. The Bertz CT molecular complexity index is 654. The molecule has 0 saturated heterocycles. The number of hydrogen-bond donors (Lipinski definition) is 7. The van der Waals surface area contributed by atoms with Crippen molar-refractivity contribution in [3.05, 3.63) is 0 Å². The summed E-state index contributed by atoms with van der Waals surface area (Å²) in [6.07, 6.45) is 0.815. The predicted molar refractivity (Wildman–Crippen MR) is 116 cm³/mol. The van der Waals surface area contributed by atoms with Crippen LogP contribution in [0.2, 0.25) is 0 Å². The summed E-state index contributed by atoms with van der Waals surface area (Å²) in [5.74, 6) is -4.40. The van der Waals surface area contributed by atoms with Crippen molar-refractivity contribution in [1.29, 1.82) is 0 Å². The van der Waals surface area contributed by atoms with Crippen LogP contribution in [0.15, 0.2) is 0 Å². The smallest absolute Gasteiger partial charge is 0.326 e. The monoisotopic (exact) mass is 459 g/mol. The molecule has 0 bridgehead atoms. The van der Waals surface area contributed by atoms with E-state index in [0.717, 1.165) is 0 Å². The fraction of sp³-hybridized carbons (Fsp3) is 0.750. The first-order valence-electron chi connectivity index (χ1n) is 10.7. The van der Waals surface area contributed by atoms with Gasteiger partial charge in [-0.25, -0.2) is 4.79 Å². The molecular weight excluding hydrogens is 422 g/mol. The van der Waals surface area contributed by atoms with E-state index in [1.807, 2.05) is 13.8 Å². The quantitative estimate of drug-likeness (QED) is 0.139. The Kier molecular flexibility index (Phi) is 13.8. The molecule has 4 atom stereocenters. The van der Waals surface area contributed by atoms with Crippen molar-refractivity contribution in [3.8, 4) is 0 Å². The van der Waals surface area contributed by atoms with Crippen LogP contribution in [0, 0.1) is 5.92 Å². The highest BCUT2D eigenvalue weighted by Gasteiger charge is 2.30. The predicted octanol–water partition coefficient (Wildman–Crippen LogP) is -1.09. The number of amides is 3. The van der Waals surface area contributed by atoms with Crippen LogP contribution in [0.4, 0.5) is 0 Å². The number of carboxylic acid groups (broad SMARTS) is 2. The lowest BCUT2D eigenvalue weighted by atomic mass is 10.0. The number of nitrogens with one attached hydrogen (secondary N) is 3. The molecule has 32 heavy (non-hydrogen) atoms. The van der Waals surface area contributed by atoms with Crippen LogP contribution in [0.25, 0.3) is 0 Å². The average Bonchev–Trinajstić information content (AvgIpc) is 2.68. The van der Waals surface area contributed by atoms with Crippen LogP contribution in [0.5, 0.6) is 0 Å². The van der Waals surface area contributed by atoms with Gasteiger partial charge in [-0.1, -0.05) is 13.8 Å². The second kappa shape index (κ2) is 15.1. The summed E-state index contributed by atoms with van der Waals surface area (Å²) in [4.78, 5) is 59.7. The first-order valence-corrected chi connectivity index (χ1v) is 10.7. The van der Waals surface area contributed by atoms with Crippen molar-refractivity contribution in [2.24, 2.45) is 17.4 Å². The van der Waals surface area contributed by atoms with E-state index in [-0.39, 0.29) is 18.8 Å². The standard InChI is InChI=1S/C20H37N5O7/c1-11(2)10-15(25-17(28)12(3)22)19(30)23-13(6-4-5-9-21)18(29)24-14(20(31)32)7-8-16(26)27/h11-15H,4-10,21-22H2,1-3H3,(H,23,30)(H,24,29)(H,25,28)(H,26,27)(H,31,32). The van der Waals surface area contributed by atoms with Gasteiger partial charge in [-0.05, 0) is 51.5 Å². The van der Waals surface area contributed by atoms with Crippen LogP contribution in [-0.4, -0.2) is 70.6 Å². The third-order valence-corrected chi connectivity index (χ3v) is 4.60. The lowest BCUT2D eigenvalue weighted by Crippen LogP contribution is -2.57. The van der Waals surface area contributed by atoms with Gasteiger partial charge in [-0.2, -0.15) is 0 Å². The van der Waals surface area contributed by atoms with E-state index in [2.05, 4.69) is 16.0 Å². The van der Waals surface area contributed by atoms with Crippen molar-refractivity contribution < 1.29 is 34.2 Å². The van der Waals surface area contributed by atoms with E-state index >= 15 is 0 Å². The summed E-state index contributed by atoms with van der Waals surface area (Å²) >= 11 is 0. The van der Waals surface area contributed by atoms with E-state index < -0.39 is 60.2 Å². The van der Waals surface area contributed by atoms with Crippen LogP contribution in [-0.2, 0) is 24.0 Å². The van der Waals surface area contributed by atoms with Gasteiger partial charge in [0.05, 0.1) is 6.04 Å². The Balaban J connectivity index is 5.43. The number of carboxylic acids is 2. The van der Waals surface area contributed by atoms with E-state index in [1.165, 1.54) is 6.92 Å². The minimum Gasteiger partial charge on any atom is -0.481 e. The molecule has 0 radical (unpaired) electrons. The molecule has 0 heterocycles. The SMILES string of the molecule is CC(C)CC(NC(=O)C(C)N)C(=O)NC(CCCCN)C(=O)NC(CCC(=O)O)C(=O)O. The Morgan fingerprint density at radius 1 is 0.781 bits per heavy atom. The Labute approximate surface area is 187 Å². The number of rotatable bonds is 16. The van der Waals surface area contributed by atoms with E-state index in [0.29, 0.717) is 25.8 Å². The molecule has 3 amide bonds. The van der Waals surface area contributed by atoms with Crippen molar-refractivity contribution in [1.82, 2.24) is 16.0 Å². The Morgan fingerprint density at radius 3 is 1.78 bits per heavy atom. The van der Waals surface area contributed by atoms with Crippen molar-refractivity contribution in [2.75, 3.05) is 6.54 Å². The van der Waals surface area contributed by atoms with Gasteiger partial charge in [0.15, 0.2) is 0 Å². The molecule has 0 aliphatic carbocycles. The maximum Gasteiger partial charge on any atom is 0.326 e. The van der Waals surface area contributed by atoms with E-state index in [9.17, 15) is 29.1 Å². The van der Waals surface area contributed by atoms with Gasteiger partial charge in [-0.15, -0.1) is 0 Å². The molecule has 0 saturated carbocycles. The maximum atomic E-state index is 12.9. The fourth-order valence-corrected chi connectivity index (χ4v) is 2.84. The number of nitrogens with two attached hydrogens (primary N) is 2. The maximum absolute atomic E-state index is 12.9. The average molecular weight is 460 g/mol. The molecule has 0 aliphatic rings. The molecule has 0 fully saturated rings. The van der Waals surface area contributed by atoms with E-state index in [1.54, 1.807) is 0 Å². The first-order chi connectivity index (χ1) is 14.9. The first kappa shape index (κ1) is 29.3.